The average molecular weight is 533 g/mol. The molecule has 1 amide bonds. The Morgan fingerprint density at radius 2 is 1.63 bits per heavy atom. The van der Waals surface area contributed by atoms with Crippen molar-refractivity contribution in [2.75, 3.05) is 6.54 Å². The minimum absolute atomic E-state index is 0.0169. The van der Waals surface area contributed by atoms with E-state index in [1.807, 2.05) is 24.3 Å². The molecular formula is C30H34BrN3O. The predicted molar refractivity (Wildman–Crippen MR) is 148 cm³/mol. The summed E-state index contributed by atoms with van der Waals surface area (Å²) in [5.74, 6) is 1.11. The minimum atomic E-state index is -0.0169. The van der Waals surface area contributed by atoms with Crippen molar-refractivity contribution in [1.29, 1.82) is 0 Å². The van der Waals surface area contributed by atoms with Crippen LogP contribution >= 0.6 is 15.9 Å². The molecule has 0 aliphatic carbocycles. The van der Waals surface area contributed by atoms with Crippen LogP contribution in [0, 0.1) is 0 Å². The Morgan fingerprint density at radius 3 is 2.34 bits per heavy atom. The zero-order valence-corrected chi connectivity index (χ0v) is 22.4. The SMILES string of the molecule is CC(C)(C)c1ccc(Cn2c(CCCCCNC(=O)c3ccc(Br)cc3)nc3ccccc32)cc1. The Morgan fingerprint density at radius 1 is 0.914 bits per heavy atom. The van der Waals surface area contributed by atoms with Gasteiger partial charge in [-0.1, -0.05) is 79.5 Å². The molecule has 3 aromatic carbocycles. The standard InChI is InChI=1S/C30H34BrN3O/c1-30(2,3)24-16-12-22(13-17-24)21-34-27-10-7-6-9-26(27)33-28(34)11-5-4-8-20-32-29(35)23-14-18-25(31)19-15-23/h6-7,9-10,12-19H,4-5,8,11,20-21H2,1-3H3,(H,32,35). The Balaban J connectivity index is 1.34. The van der Waals surface area contributed by atoms with Crippen LogP contribution in [0.4, 0.5) is 0 Å². The number of carbonyl (C=O) groups excluding carboxylic acids is 1. The molecule has 182 valence electrons. The third-order valence-corrected chi connectivity index (χ3v) is 6.89. The van der Waals surface area contributed by atoms with Gasteiger partial charge in [-0.25, -0.2) is 4.98 Å². The van der Waals surface area contributed by atoms with E-state index in [4.69, 9.17) is 4.98 Å². The van der Waals surface area contributed by atoms with Gasteiger partial charge < -0.3 is 9.88 Å². The summed E-state index contributed by atoms with van der Waals surface area (Å²) in [6.45, 7) is 8.25. The van der Waals surface area contributed by atoms with E-state index in [-0.39, 0.29) is 11.3 Å². The number of rotatable bonds is 9. The van der Waals surface area contributed by atoms with Crippen molar-refractivity contribution >= 4 is 32.9 Å². The lowest BCUT2D eigenvalue weighted by molar-refractivity contribution is 0.0953. The van der Waals surface area contributed by atoms with Gasteiger partial charge in [0.1, 0.15) is 5.82 Å². The molecule has 1 aromatic heterocycles. The number of unbranched alkanes of at least 4 members (excludes halogenated alkanes) is 2. The smallest absolute Gasteiger partial charge is 0.251 e. The van der Waals surface area contributed by atoms with Crippen molar-refractivity contribution in [3.63, 3.8) is 0 Å². The van der Waals surface area contributed by atoms with E-state index < -0.39 is 0 Å². The van der Waals surface area contributed by atoms with E-state index in [9.17, 15) is 4.79 Å². The Bertz CT molecular complexity index is 1270. The monoisotopic (exact) mass is 531 g/mol. The number of aromatic nitrogens is 2. The Hall–Kier alpha value is -2.92. The molecule has 0 radical (unpaired) electrons. The number of hydrogen-bond donors (Lipinski definition) is 1. The number of para-hydroxylation sites is 2. The second-order valence-electron chi connectivity index (χ2n) is 10.1. The van der Waals surface area contributed by atoms with Crippen LogP contribution in [-0.2, 0) is 18.4 Å². The summed E-state index contributed by atoms with van der Waals surface area (Å²) in [5, 5.41) is 3.02. The van der Waals surface area contributed by atoms with Crippen molar-refractivity contribution < 1.29 is 4.79 Å². The summed E-state index contributed by atoms with van der Waals surface area (Å²) < 4.78 is 3.33. The quantitative estimate of drug-likeness (QED) is 0.230. The number of hydrogen-bond acceptors (Lipinski definition) is 2. The second-order valence-corrected chi connectivity index (χ2v) is 11.0. The molecule has 1 heterocycles. The summed E-state index contributed by atoms with van der Waals surface area (Å²) in [4.78, 5) is 17.2. The molecule has 0 atom stereocenters. The molecule has 0 spiro atoms. The molecule has 0 fully saturated rings. The predicted octanol–water partition coefficient (Wildman–Crippen LogP) is 7.29. The summed E-state index contributed by atoms with van der Waals surface area (Å²) in [5.41, 5.74) is 5.72. The van der Waals surface area contributed by atoms with Crippen LogP contribution in [0.15, 0.2) is 77.3 Å². The number of nitrogens with one attached hydrogen (secondary N) is 1. The van der Waals surface area contributed by atoms with Gasteiger partial charge in [-0.05, 0) is 65.8 Å². The molecule has 0 aliphatic rings. The number of imidazole rings is 1. The third kappa shape index (κ3) is 6.61. The van der Waals surface area contributed by atoms with Gasteiger partial charge in [0.15, 0.2) is 0 Å². The maximum Gasteiger partial charge on any atom is 0.251 e. The van der Waals surface area contributed by atoms with Crippen LogP contribution < -0.4 is 5.32 Å². The highest BCUT2D eigenvalue weighted by molar-refractivity contribution is 9.10. The van der Waals surface area contributed by atoms with Gasteiger partial charge in [0.25, 0.3) is 5.91 Å². The lowest BCUT2D eigenvalue weighted by Crippen LogP contribution is -2.24. The van der Waals surface area contributed by atoms with E-state index in [0.29, 0.717) is 12.1 Å². The van der Waals surface area contributed by atoms with Gasteiger partial charge in [-0.2, -0.15) is 0 Å². The van der Waals surface area contributed by atoms with Crippen molar-refractivity contribution in [3.05, 3.63) is 99.8 Å². The van der Waals surface area contributed by atoms with Crippen molar-refractivity contribution in [3.8, 4) is 0 Å². The zero-order valence-electron chi connectivity index (χ0n) is 20.9. The first-order chi connectivity index (χ1) is 16.8. The molecular weight excluding hydrogens is 498 g/mol. The van der Waals surface area contributed by atoms with Crippen LogP contribution in [0.25, 0.3) is 11.0 Å². The van der Waals surface area contributed by atoms with Gasteiger partial charge in [0.2, 0.25) is 0 Å². The first kappa shape index (κ1) is 25.2. The van der Waals surface area contributed by atoms with E-state index in [2.05, 4.69) is 95.1 Å². The van der Waals surface area contributed by atoms with E-state index in [1.165, 1.54) is 16.6 Å². The molecule has 0 saturated carbocycles. The van der Waals surface area contributed by atoms with Gasteiger partial charge in [0.05, 0.1) is 11.0 Å². The molecule has 1 N–H and O–H groups in total. The number of aryl methyl sites for hydroxylation is 1. The van der Waals surface area contributed by atoms with Crippen LogP contribution in [-0.4, -0.2) is 22.0 Å². The highest BCUT2D eigenvalue weighted by Crippen LogP contribution is 2.24. The lowest BCUT2D eigenvalue weighted by atomic mass is 9.87. The summed E-state index contributed by atoms with van der Waals surface area (Å²) >= 11 is 3.40. The van der Waals surface area contributed by atoms with Gasteiger partial charge in [-0.15, -0.1) is 0 Å². The highest BCUT2D eigenvalue weighted by Gasteiger charge is 2.14. The summed E-state index contributed by atoms with van der Waals surface area (Å²) in [7, 11) is 0. The number of carbonyl (C=O) groups is 1. The second kappa shape index (κ2) is 11.2. The lowest BCUT2D eigenvalue weighted by Gasteiger charge is -2.19. The molecule has 0 bridgehead atoms. The summed E-state index contributed by atoms with van der Waals surface area (Å²) in [6, 6.07) is 24.8. The third-order valence-electron chi connectivity index (χ3n) is 6.36. The summed E-state index contributed by atoms with van der Waals surface area (Å²) in [6.07, 6.45) is 3.97. The highest BCUT2D eigenvalue weighted by atomic mass is 79.9. The molecule has 5 heteroatoms. The average Bonchev–Trinajstić information content (AvgIpc) is 3.18. The number of fused-ring (bicyclic) bond motifs is 1. The zero-order chi connectivity index (χ0) is 24.8. The molecule has 35 heavy (non-hydrogen) atoms. The van der Waals surface area contributed by atoms with Crippen molar-refractivity contribution in [2.45, 2.75) is 58.4 Å². The molecule has 4 rings (SSSR count). The largest absolute Gasteiger partial charge is 0.352 e. The fourth-order valence-electron chi connectivity index (χ4n) is 4.28. The Kier molecular flexibility index (Phi) is 8.07. The van der Waals surface area contributed by atoms with Crippen LogP contribution in [0.1, 0.15) is 67.3 Å². The van der Waals surface area contributed by atoms with E-state index in [1.54, 1.807) is 0 Å². The van der Waals surface area contributed by atoms with Gasteiger partial charge in [-0.3, -0.25) is 4.79 Å². The Labute approximate surface area is 216 Å². The first-order valence-corrected chi connectivity index (χ1v) is 13.2. The first-order valence-electron chi connectivity index (χ1n) is 12.4. The number of halogens is 1. The molecule has 0 unspecified atom stereocenters. The minimum Gasteiger partial charge on any atom is -0.352 e. The van der Waals surface area contributed by atoms with Crippen molar-refractivity contribution in [2.24, 2.45) is 0 Å². The van der Waals surface area contributed by atoms with Crippen LogP contribution in [0.2, 0.25) is 0 Å². The number of benzene rings is 3. The normalized spacial score (nSPS) is 11.7. The molecule has 0 aliphatic heterocycles. The topological polar surface area (TPSA) is 46.9 Å². The van der Waals surface area contributed by atoms with E-state index >= 15 is 0 Å². The van der Waals surface area contributed by atoms with Crippen LogP contribution in [0.3, 0.4) is 0 Å². The number of nitrogens with zero attached hydrogens (tertiary/aromatic N) is 2. The molecule has 4 nitrogen and oxygen atoms in total. The number of amides is 1. The van der Waals surface area contributed by atoms with Crippen LogP contribution in [0.5, 0.6) is 0 Å². The fourth-order valence-corrected chi connectivity index (χ4v) is 4.54. The maximum absolute atomic E-state index is 12.3. The van der Waals surface area contributed by atoms with Gasteiger partial charge in [0, 0.05) is 29.5 Å². The molecule has 4 aromatic rings. The van der Waals surface area contributed by atoms with Crippen molar-refractivity contribution in [1.82, 2.24) is 14.9 Å². The van der Waals surface area contributed by atoms with E-state index in [0.717, 1.165) is 48.0 Å². The van der Waals surface area contributed by atoms with Gasteiger partial charge >= 0.3 is 0 Å². The maximum atomic E-state index is 12.3. The fraction of sp³-hybridized carbons (Fsp3) is 0.333. The molecule has 0 saturated heterocycles.